The van der Waals surface area contributed by atoms with Crippen LogP contribution in [-0.4, -0.2) is 48.4 Å². The van der Waals surface area contributed by atoms with Gasteiger partial charge in [0, 0.05) is 22.3 Å². The predicted molar refractivity (Wildman–Crippen MR) is 101 cm³/mol. The Bertz CT molecular complexity index is 691. The fraction of sp³-hybridized carbons (Fsp3) is 0.353. The van der Waals surface area contributed by atoms with E-state index in [4.69, 9.17) is 23.2 Å². The Balaban J connectivity index is 1.92. The summed E-state index contributed by atoms with van der Waals surface area (Å²) in [6.07, 6.45) is 2.91. The van der Waals surface area contributed by atoms with Gasteiger partial charge in [0.05, 0.1) is 12.6 Å². The summed E-state index contributed by atoms with van der Waals surface area (Å²) in [5, 5.41) is 8.28. The van der Waals surface area contributed by atoms with Crippen molar-refractivity contribution in [1.82, 2.24) is 15.5 Å². The highest BCUT2D eigenvalue weighted by atomic mass is 35.5. The van der Waals surface area contributed by atoms with Crippen molar-refractivity contribution in [2.24, 2.45) is 0 Å². The molecule has 0 aromatic heterocycles. The zero-order valence-corrected chi connectivity index (χ0v) is 15.6. The quantitative estimate of drug-likeness (QED) is 0.641. The van der Waals surface area contributed by atoms with Crippen molar-refractivity contribution in [3.8, 4) is 0 Å². The second-order valence-electron chi connectivity index (χ2n) is 5.82. The molecule has 0 radical (unpaired) electrons. The summed E-state index contributed by atoms with van der Waals surface area (Å²) < 4.78 is 0. The molecule has 0 spiro atoms. The highest BCUT2D eigenvalue weighted by Crippen LogP contribution is 2.24. The number of rotatable bonds is 6. The average Bonchev–Trinajstić information content (AvgIpc) is 2.99. The molecule has 1 heterocycles. The normalized spacial score (nSPS) is 16.8. The van der Waals surface area contributed by atoms with Crippen LogP contribution < -0.4 is 16.0 Å². The summed E-state index contributed by atoms with van der Waals surface area (Å²) >= 11 is 11.9. The number of nitrogens with one attached hydrogen (secondary N) is 3. The van der Waals surface area contributed by atoms with Gasteiger partial charge >= 0.3 is 6.03 Å². The van der Waals surface area contributed by atoms with E-state index < -0.39 is 18.0 Å². The minimum absolute atomic E-state index is 0.0457. The molecule has 1 aliphatic rings. The van der Waals surface area contributed by atoms with Gasteiger partial charge in [0.25, 0.3) is 0 Å². The minimum atomic E-state index is -0.594. The average molecular weight is 399 g/mol. The van der Waals surface area contributed by atoms with Gasteiger partial charge in [-0.2, -0.15) is 0 Å². The van der Waals surface area contributed by atoms with E-state index in [-0.39, 0.29) is 19.0 Å². The Labute approximate surface area is 161 Å². The van der Waals surface area contributed by atoms with Crippen LogP contribution in [0.25, 0.3) is 0 Å². The number of hydrogen-bond acceptors (Lipinski definition) is 4. The lowest BCUT2D eigenvalue weighted by Gasteiger charge is -2.23. The zero-order chi connectivity index (χ0) is 19.1. The van der Waals surface area contributed by atoms with Crippen LogP contribution >= 0.6 is 23.2 Å². The SMILES string of the molecule is C=CCNC(=O)NC(=O)CN1CCC[C@@H]1C(=O)Nc1cc(Cl)cc(Cl)c1. The van der Waals surface area contributed by atoms with Crippen LogP contribution in [0.5, 0.6) is 0 Å². The lowest BCUT2D eigenvalue weighted by atomic mass is 10.2. The van der Waals surface area contributed by atoms with Crippen LogP contribution in [0.2, 0.25) is 10.0 Å². The first-order valence-electron chi connectivity index (χ1n) is 8.08. The fourth-order valence-corrected chi connectivity index (χ4v) is 3.25. The molecule has 9 heteroatoms. The van der Waals surface area contributed by atoms with E-state index >= 15 is 0 Å². The lowest BCUT2D eigenvalue weighted by Crippen LogP contribution is -2.48. The van der Waals surface area contributed by atoms with E-state index in [0.717, 1.165) is 6.42 Å². The number of benzene rings is 1. The van der Waals surface area contributed by atoms with E-state index in [1.54, 1.807) is 23.1 Å². The van der Waals surface area contributed by atoms with Gasteiger partial charge in [-0.25, -0.2) is 4.79 Å². The molecule has 0 saturated carbocycles. The summed E-state index contributed by atoms with van der Waals surface area (Å²) in [6, 6.07) is 3.71. The maximum atomic E-state index is 12.5. The van der Waals surface area contributed by atoms with Gasteiger partial charge < -0.3 is 10.6 Å². The molecule has 1 fully saturated rings. The molecule has 4 amide bonds. The molecule has 26 heavy (non-hydrogen) atoms. The summed E-state index contributed by atoms with van der Waals surface area (Å²) in [5.74, 6) is -0.721. The molecule has 1 aliphatic heterocycles. The van der Waals surface area contributed by atoms with Gasteiger partial charge in [-0.05, 0) is 37.6 Å². The van der Waals surface area contributed by atoms with E-state index in [2.05, 4.69) is 22.5 Å². The zero-order valence-electron chi connectivity index (χ0n) is 14.1. The molecule has 1 aromatic rings. The van der Waals surface area contributed by atoms with Crippen LogP contribution in [0.15, 0.2) is 30.9 Å². The Hall–Kier alpha value is -2.09. The second-order valence-corrected chi connectivity index (χ2v) is 6.70. The first-order chi connectivity index (χ1) is 12.4. The molecule has 0 aliphatic carbocycles. The third kappa shape index (κ3) is 6.01. The Kier molecular flexibility index (Phi) is 7.44. The predicted octanol–water partition coefficient (Wildman–Crippen LogP) is 2.41. The van der Waals surface area contributed by atoms with Crippen molar-refractivity contribution in [2.75, 3.05) is 25.0 Å². The fourth-order valence-electron chi connectivity index (χ4n) is 2.72. The number of amides is 4. The molecule has 3 N–H and O–H groups in total. The van der Waals surface area contributed by atoms with E-state index in [1.165, 1.54) is 6.08 Å². The van der Waals surface area contributed by atoms with Gasteiger partial charge in [0.1, 0.15) is 0 Å². The van der Waals surface area contributed by atoms with E-state index in [1.807, 2.05) is 0 Å². The van der Waals surface area contributed by atoms with Gasteiger partial charge in [0.2, 0.25) is 11.8 Å². The van der Waals surface area contributed by atoms with Crippen molar-refractivity contribution >= 4 is 46.7 Å². The first kappa shape index (κ1) is 20.2. The number of nitrogens with zero attached hydrogens (tertiary/aromatic N) is 1. The number of hydrogen-bond donors (Lipinski definition) is 3. The topological polar surface area (TPSA) is 90.5 Å². The van der Waals surface area contributed by atoms with Crippen molar-refractivity contribution < 1.29 is 14.4 Å². The molecule has 0 unspecified atom stereocenters. The van der Waals surface area contributed by atoms with Gasteiger partial charge in [-0.15, -0.1) is 6.58 Å². The minimum Gasteiger partial charge on any atom is -0.334 e. The van der Waals surface area contributed by atoms with Crippen molar-refractivity contribution in [3.63, 3.8) is 0 Å². The van der Waals surface area contributed by atoms with Crippen molar-refractivity contribution in [2.45, 2.75) is 18.9 Å². The number of anilines is 1. The van der Waals surface area contributed by atoms with Gasteiger partial charge in [0.15, 0.2) is 0 Å². The first-order valence-corrected chi connectivity index (χ1v) is 8.84. The van der Waals surface area contributed by atoms with Crippen LogP contribution in [0.4, 0.5) is 10.5 Å². The molecule has 1 atom stereocenters. The molecule has 0 bridgehead atoms. The molecule has 1 aromatic carbocycles. The Morgan fingerprint density at radius 2 is 1.92 bits per heavy atom. The van der Waals surface area contributed by atoms with Crippen molar-refractivity contribution in [3.05, 3.63) is 40.9 Å². The standard InChI is InChI=1S/C17H20Cl2N4O3/c1-2-5-20-17(26)22-15(24)10-23-6-3-4-14(23)16(25)21-13-8-11(18)7-12(19)9-13/h2,7-9,14H,1,3-6,10H2,(H,21,25)(H2,20,22,24,26)/t14-/m1/s1. The lowest BCUT2D eigenvalue weighted by molar-refractivity contribution is -0.124. The van der Waals surface area contributed by atoms with E-state index in [9.17, 15) is 14.4 Å². The maximum absolute atomic E-state index is 12.5. The summed E-state index contributed by atoms with van der Waals surface area (Å²) in [5.41, 5.74) is 0.493. The smallest absolute Gasteiger partial charge is 0.321 e. The molecule has 1 saturated heterocycles. The number of carbonyl (C=O) groups is 3. The third-order valence-corrected chi connectivity index (χ3v) is 4.24. The Morgan fingerprint density at radius 3 is 2.58 bits per heavy atom. The molecular weight excluding hydrogens is 379 g/mol. The van der Waals surface area contributed by atoms with Crippen LogP contribution in [0, 0.1) is 0 Å². The summed E-state index contributed by atoms with van der Waals surface area (Å²) in [7, 11) is 0. The molecule has 140 valence electrons. The number of carbonyl (C=O) groups excluding carboxylic acids is 3. The maximum Gasteiger partial charge on any atom is 0.321 e. The number of imide groups is 1. The Morgan fingerprint density at radius 1 is 1.23 bits per heavy atom. The highest BCUT2D eigenvalue weighted by molar-refractivity contribution is 6.35. The molecular formula is C17H20Cl2N4O3. The molecule has 2 rings (SSSR count). The summed E-state index contributed by atoms with van der Waals surface area (Å²) in [4.78, 5) is 37.7. The second kappa shape index (κ2) is 9.56. The number of halogens is 2. The van der Waals surface area contributed by atoms with Crippen LogP contribution in [0.1, 0.15) is 12.8 Å². The summed E-state index contributed by atoms with van der Waals surface area (Å²) in [6.45, 7) is 4.28. The van der Waals surface area contributed by atoms with Crippen molar-refractivity contribution in [1.29, 1.82) is 0 Å². The van der Waals surface area contributed by atoms with Crippen LogP contribution in [0.3, 0.4) is 0 Å². The number of likely N-dealkylation sites (tertiary alicyclic amines) is 1. The number of urea groups is 1. The largest absolute Gasteiger partial charge is 0.334 e. The molecule has 7 nitrogen and oxygen atoms in total. The highest BCUT2D eigenvalue weighted by Gasteiger charge is 2.32. The monoisotopic (exact) mass is 398 g/mol. The van der Waals surface area contributed by atoms with Crippen LogP contribution in [-0.2, 0) is 9.59 Å². The third-order valence-electron chi connectivity index (χ3n) is 3.80. The van der Waals surface area contributed by atoms with Gasteiger partial charge in [-0.1, -0.05) is 29.3 Å². The van der Waals surface area contributed by atoms with E-state index in [0.29, 0.717) is 28.7 Å². The van der Waals surface area contributed by atoms with Gasteiger partial charge in [-0.3, -0.25) is 19.8 Å².